The minimum Gasteiger partial charge on any atom is -0.399 e. The van der Waals surface area contributed by atoms with Crippen molar-refractivity contribution >= 4 is 56.5 Å². The van der Waals surface area contributed by atoms with Crippen LogP contribution < -0.4 is 20.3 Å². The van der Waals surface area contributed by atoms with Gasteiger partial charge in [-0.25, -0.2) is 4.79 Å². The van der Waals surface area contributed by atoms with Crippen LogP contribution in [0, 0.1) is 6.92 Å². The van der Waals surface area contributed by atoms with E-state index >= 15 is 0 Å². The van der Waals surface area contributed by atoms with Crippen LogP contribution in [-0.2, 0) is 14.3 Å². The van der Waals surface area contributed by atoms with Crippen molar-refractivity contribution in [2.24, 2.45) is 0 Å². The third kappa shape index (κ3) is 5.56. The Morgan fingerprint density at radius 2 is 1.97 bits per heavy atom. The van der Waals surface area contributed by atoms with Gasteiger partial charge in [-0.15, -0.1) is 0 Å². The number of rotatable bonds is 5. The Balaban J connectivity index is 1.47. The molecule has 0 unspecified atom stereocenters. The summed E-state index contributed by atoms with van der Waals surface area (Å²) in [6, 6.07) is 8.95. The van der Waals surface area contributed by atoms with Crippen molar-refractivity contribution in [2.75, 3.05) is 30.0 Å². The molecule has 0 atom stereocenters. The van der Waals surface area contributed by atoms with Crippen molar-refractivity contribution in [1.82, 2.24) is 5.32 Å². The van der Waals surface area contributed by atoms with E-state index in [4.69, 9.17) is 9.47 Å². The first-order chi connectivity index (χ1) is 15.9. The molecule has 10 heteroatoms. The highest BCUT2D eigenvalue weighted by Crippen LogP contribution is 2.32. The minimum atomic E-state index is -1.03. The number of amides is 3. The molecular weight excluding hydrogens is 510 g/mol. The first-order valence-electron chi connectivity index (χ1n) is 10.9. The summed E-state index contributed by atoms with van der Waals surface area (Å²) in [6.07, 6.45) is 3.15. The van der Waals surface area contributed by atoms with E-state index in [0.717, 1.165) is 34.3 Å². The smallest absolute Gasteiger partial charge is 0.399 e. The monoisotopic (exact) mass is 535 g/mol. The van der Waals surface area contributed by atoms with Crippen molar-refractivity contribution in [3.05, 3.63) is 39.7 Å². The quantitative estimate of drug-likeness (QED) is 0.582. The molecule has 33 heavy (non-hydrogen) atoms. The second kappa shape index (κ2) is 10.2. The van der Waals surface area contributed by atoms with Gasteiger partial charge in [0.25, 0.3) is 5.91 Å². The van der Waals surface area contributed by atoms with Crippen LogP contribution in [-0.4, -0.2) is 43.2 Å². The molecule has 0 radical (unpaired) electrons. The number of ether oxygens (including phenoxy) is 2. The number of carbonyl (C=O) groups excluding carboxylic acids is 3. The maximum absolute atomic E-state index is 13.4. The Labute approximate surface area is 204 Å². The second-order valence-electron chi connectivity index (χ2n) is 8.27. The SMILES string of the molecule is Cc1cc(NC(=O)C2(NC(=O)Oc3ccc(Br)s3)CCCCC2)ccc1N1CCOCC1=O. The van der Waals surface area contributed by atoms with E-state index in [0.29, 0.717) is 36.7 Å². The Bertz CT molecular complexity index is 1050. The molecule has 8 nitrogen and oxygen atoms in total. The molecule has 4 rings (SSSR count). The number of hydrogen-bond acceptors (Lipinski definition) is 6. The number of carbonyl (C=O) groups is 3. The fourth-order valence-electron chi connectivity index (χ4n) is 4.29. The molecule has 176 valence electrons. The number of hydrogen-bond donors (Lipinski definition) is 2. The molecule has 2 aliphatic rings. The van der Waals surface area contributed by atoms with Crippen LogP contribution in [0.1, 0.15) is 37.7 Å². The van der Waals surface area contributed by atoms with Crippen molar-refractivity contribution in [3.63, 3.8) is 0 Å². The van der Waals surface area contributed by atoms with Gasteiger partial charge in [0.15, 0.2) is 5.06 Å². The molecule has 1 saturated heterocycles. The van der Waals surface area contributed by atoms with E-state index in [9.17, 15) is 14.4 Å². The zero-order chi connectivity index (χ0) is 23.4. The van der Waals surface area contributed by atoms with E-state index in [1.165, 1.54) is 11.3 Å². The molecule has 1 aromatic carbocycles. The number of morpholine rings is 1. The summed E-state index contributed by atoms with van der Waals surface area (Å²) in [5, 5.41) is 6.26. The van der Waals surface area contributed by atoms with Gasteiger partial charge in [-0.2, -0.15) is 0 Å². The summed E-state index contributed by atoms with van der Waals surface area (Å²) in [7, 11) is 0. The van der Waals surface area contributed by atoms with Crippen molar-refractivity contribution < 1.29 is 23.9 Å². The van der Waals surface area contributed by atoms with Gasteiger partial charge < -0.3 is 25.0 Å². The summed E-state index contributed by atoms with van der Waals surface area (Å²) in [6.45, 7) is 2.97. The minimum absolute atomic E-state index is 0.0740. The van der Waals surface area contributed by atoms with Gasteiger partial charge in [0.05, 0.1) is 10.4 Å². The number of thiophene rings is 1. The predicted octanol–water partition coefficient (Wildman–Crippen LogP) is 4.61. The Morgan fingerprint density at radius 3 is 2.64 bits per heavy atom. The zero-order valence-corrected chi connectivity index (χ0v) is 20.7. The predicted molar refractivity (Wildman–Crippen MR) is 130 cm³/mol. The number of anilines is 2. The fraction of sp³-hybridized carbons (Fsp3) is 0.435. The summed E-state index contributed by atoms with van der Waals surface area (Å²) >= 11 is 4.65. The number of halogens is 1. The highest BCUT2D eigenvalue weighted by atomic mass is 79.9. The number of aryl methyl sites for hydroxylation is 1. The van der Waals surface area contributed by atoms with Crippen LogP contribution in [0.4, 0.5) is 16.2 Å². The Hall–Kier alpha value is -2.43. The van der Waals surface area contributed by atoms with Crippen LogP contribution in [0.25, 0.3) is 0 Å². The third-order valence-electron chi connectivity index (χ3n) is 5.96. The standard InChI is InChI=1S/C23H26BrN3O5S/c1-15-13-16(5-6-17(15)27-11-12-31-14-19(27)28)25-21(29)23(9-3-2-4-10-23)26-22(30)32-20-8-7-18(24)33-20/h5-8,13H,2-4,9-12,14H2,1H3,(H,25,29)(H,26,30). The summed E-state index contributed by atoms with van der Waals surface area (Å²) < 4.78 is 11.4. The molecule has 1 aromatic heterocycles. The first-order valence-corrected chi connectivity index (χ1v) is 12.5. The average molecular weight is 536 g/mol. The van der Waals surface area contributed by atoms with Crippen LogP contribution in [0.15, 0.2) is 34.1 Å². The molecule has 2 heterocycles. The topological polar surface area (TPSA) is 97.0 Å². The van der Waals surface area contributed by atoms with Crippen molar-refractivity contribution in [3.8, 4) is 5.06 Å². The summed E-state index contributed by atoms with van der Waals surface area (Å²) in [5.74, 6) is -0.344. The summed E-state index contributed by atoms with van der Waals surface area (Å²) in [5.41, 5.74) is 1.26. The van der Waals surface area contributed by atoms with Gasteiger partial charge in [-0.1, -0.05) is 30.6 Å². The van der Waals surface area contributed by atoms with Gasteiger partial charge in [-0.05, 0) is 71.6 Å². The number of nitrogens with one attached hydrogen (secondary N) is 2. The fourth-order valence-corrected chi connectivity index (χ4v) is 5.48. The first kappa shape index (κ1) is 23.7. The molecule has 2 N–H and O–H groups in total. The van der Waals surface area contributed by atoms with E-state index in [1.807, 2.05) is 19.1 Å². The van der Waals surface area contributed by atoms with Crippen LogP contribution in [0.5, 0.6) is 5.06 Å². The Kier molecular flexibility index (Phi) is 7.35. The average Bonchev–Trinajstić information content (AvgIpc) is 3.19. The number of nitrogens with zero attached hydrogens (tertiary/aromatic N) is 1. The third-order valence-corrected chi connectivity index (χ3v) is 7.46. The molecular formula is C23H26BrN3O5S. The lowest BCUT2D eigenvalue weighted by atomic mass is 9.81. The molecule has 2 fully saturated rings. The number of benzene rings is 1. The Morgan fingerprint density at radius 1 is 1.18 bits per heavy atom. The van der Waals surface area contributed by atoms with Gasteiger partial charge in [0, 0.05) is 17.9 Å². The van der Waals surface area contributed by atoms with E-state index in [-0.39, 0.29) is 18.4 Å². The van der Waals surface area contributed by atoms with Crippen molar-refractivity contribution in [2.45, 2.75) is 44.6 Å². The summed E-state index contributed by atoms with van der Waals surface area (Å²) in [4.78, 5) is 39.8. The van der Waals surface area contributed by atoms with E-state index in [1.54, 1.807) is 23.1 Å². The largest absolute Gasteiger partial charge is 0.414 e. The van der Waals surface area contributed by atoms with Crippen LogP contribution >= 0.6 is 27.3 Å². The van der Waals surface area contributed by atoms with Gasteiger partial charge >= 0.3 is 6.09 Å². The maximum Gasteiger partial charge on any atom is 0.414 e. The zero-order valence-electron chi connectivity index (χ0n) is 18.3. The highest BCUT2D eigenvalue weighted by Gasteiger charge is 2.41. The lowest BCUT2D eigenvalue weighted by Gasteiger charge is -2.36. The van der Waals surface area contributed by atoms with Crippen molar-refractivity contribution in [1.29, 1.82) is 0 Å². The highest BCUT2D eigenvalue weighted by molar-refractivity contribution is 9.11. The van der Waals surface area contributed by atoms with Gasteiger partial charge in [0.2, 0.25) is 5.91 Å². The molecule has 0 spiro atoms. The lowest BCUT2D eigenvalue weighted by Crippen LogP contribution is -2.58. The van der Waals surface area contributed by atoms with E-state index < -0.39 is 11.6 Å². The molecule has 1 aliphatic carbocycles. The molecule has 1 aliphatic heterocycles. The molecule has 1 saturated carbocycles. The van der Waals surface area contributed by atoms with Crippen LogP contribution in [0.3, 0.4) is 0 Å². The molecule has 2 aromatic rings. The second-order valence-corrected chi connectivity index (χ2v) is 10.7. The lowest BCUT2D eigenvalue weighted by molar-refractivity contribution is -0.125. The van der Waals surface area contributed by atoms with Gasteiger partial charge in [0.1, 0.15) is 12.1 Å². The van der Waals surface area contributed by atoms with E-state index in [2.05, 4.69) is 26.6 Å². The van der Waals surface area contributed by atoms with Crippen LogP contribution in [0.2, 0.25) is 0 Å². The molecule has 3 amide bonds. The normalized spacial score (nSPS) is 18.0. The molecule has 0 bridgehead atoms. The van der Waals surface area contributed by atoms with Gasteiger partial charge in [-0.3, -0.25) is 9.59 Å². The maximum atomic E-state index is 13.4.